The first-order valence-electron chi connectivity index (χ1n) is 20.4. The lowest BCUT2D eigenvalue weighted by atomic mass is 9.79. The fourth-order valence-corrected chi connectivity index (χ4v) is 9.54. The smallest absolute Gasteiger partial charge is 0.00261 e. The number of rotatable bonds is 4. The Bertz CT molecular complexity index is 3090. The van der Waals surface area contributed by atoms with Crippen molar-refractivity contribution in [2.75, 3.05) is 0 Å². The maximum absolute atomic E-state index is 2.48. The Morgan fingerprint density at radius 1 is 0.241 bits per heavy atom. The first-order chi connectivity index (χ1) is 28.4. The highest BCUT2D eigenvalue weighted by Gasteiger charge is 2.23. The molecule has 0 nitrogen and oxygen atoms in total. The Morgan fingerprint density at radius 2 is 0.517 bits per heavy atom. The molecule has 0 aliphatic carbocycles. The van der Waals surface area contributed by atoms with E-state index in [9.17, 15) is 0 Å². The van der Waals surface area contributed by atoms with Crippen LogP contribution in [0.25, 0.3) is 109 Å². The second kappa shape index (κ2) is 13.3. The fraction of sp³-hybridized carbons (Fsp3) is 0.0690. The van der Waals surface area contributed by atoms with E-state index in [1.807, 2.05) is 0 Å². The van der Waals surface area contributed by atoms with Crippen molar-refractivity contribution in [1.29, 1.82) is 0 Å². The molecule has 0 aromatic heterocycles. The van der Waals surface area contributed by atoms with Gasteiger partial charge in [0.25, 0.3) is 0 Å². The van der Waals surface area contributed by atoms with Crippen molar-refractivity contribution in [3.63, 3.8) is 0 Å². The van der Waals surface area contributed by atoms with Crippen LogP contribution in [0.1, 0.15) is 26.3 Å². The van der Waals surface area contributed by atoms with Crippen LogP contribution in [0, 0.1) is 0 Å². The number of benzene rings is 11. The zero-order valence-electron chi connectivity index (χ0n) is 33.1. The minimum atomic E-state index is -0.0853. The molecule has 0 aliphatic rings. The van der Waals surface area contributed by atoms with E-state index in [4.69, 9.17) is 0 Å². The van der Waals surface area contributed by atoms with Crippen molar-refractivity contribution < 1.29 is 0 Å². The number of hydrogen-bond acceptors (Lipinski definition) is 0. The highest BCUT2D eigenvalue weighted by molar-refractivity contribution is 6.24. The fourth-order valence-electron chi connectivity index (χ4n) is 9.54. The van der Waals surface area contributed by atoms with Crippen LogP contribution in [0.5, 0.6) is 0 Å². The van der Waals surface area contributed by atoms with Crippen LogP contribution in [0.4, 0.5) is 0 Å². The van der Waals surface area contributed by atoms with Gasteiger partial charge in [0.15, 0.2) is 0 Å². The highest BCUT2D eigenvalue weighted by atomic mass is 14.3. The third-order valence-corrected chi connectivity index (χ3v) is 12.3. The van der Waals surface area contributed by atoms with Gasteiger partial charge in [-0.15, -0.1) is 0 Å². The molecule has 274 valence electrons. The van der Waals surface area contributed by atoms with Crippen molar-refractivity contribution >= 4 is 64.6 Å². The van der Waals surface area contributed by atoms with Gasteiger partial charge in [0.05, 0.1) is 0 Å². The zero-order chi connectivity index (χ0) is 39.0. The standard InChI is InChI=1S/C58H42/c1-58(2,3)45-35-43(56-50-24-12-8-20-46(50)54(47-21-9-13-25-51(47)56)41-30-28-37-16-4-6-18-39(37)32-41)34-44(36-45)57-52-26-14-10-22-48(52)55(49-23-11-15-27-53(49)57)42-31-29-38-17-5-7-19-40(38)33-42/h4-36H,1-3H3. The van der Waals surface area contributed by atoms with Crippen LogP contribution < -0.4 is 0 Å². The summed E-state index contributed by atoms with van der Waals surface area (Å²) in [5, 5.41) is 15.2. The van der Waals surface area contributed by atoms with Crippen molar-refractivity contribution in [1.82, 2.24) is 0 Å². The molecule has 11 aromatic rings. The second-order valence-corrected chi connectivity index (χ2v) is 16.9. The third kappa shape index (κ3) is 5.52. The van der Waals surface area contributed by atoms with E-state index in [1.165, 1.54) is 115 Å². The molecular weight excluding hydrogens is 697 g/mol. The molecule has 0 heterocycles. The summed E-state index contributed by atoms with van der Waals surface area (Å²) >= 11 is 0. The number of fused-ring (bicyclic) bond motifs is 6. The Hall–Kier alpha value is -7.02. The van der Waals surface area contributed by atoms with Gasteiger partial charge in [-0.3, -0.25) is 0 Å². The molecule has 0 saturated heterocycles. The molecule has 0 N–H and O–H groups in total. The quantitative estimate of drug-likeness (QED) is 0.158. The van der Waals surface area contributed by atoms with Gasteiger partial charge in [0.1, 0.15) is 0 Å². The Balaban J connectivity index is 1.22. The van der Waals surface area contributed by atoms with E-state index in [2.05, 4.69) is 221 Å². The molecule has 11 rings (SSSR count). The predicted molar refractivity (Wildman–Crippen MR) is 252 cm³/mol. The molecule has 0 bridgehead atoms. The minimum absolute atomic E-state index is 0.0853. The third-order valence-electron chi connectivity index (χ3n) is 12.3. The molecule has 0 radical (unpaired) electrons. The van der Waals surface area contributed by atoms with Crippen LogP contribution in [0.2, 0.25) is 0 Å². The van der Waals surface area contributed by atoms with Crippen LogP contribution in [0.15, 0.2) is 200 Å². The zero-order valence-corrected chi connectivity index (χ0v) is 33.1. The monoisotopic (exact) mass is 738 g/mol. The summed E-state index contributed by atoms with van der Waals surface area (Å²) in [6, 6.07) is 74.7. The summed E-state index contributed by atoms with van der Waals surface area (Å²) < 4.78 is 0. The molecule has 0 unspecified atom stereocenters. The van der Waals surface area contributed by atoms with Crippen molar-refractivity contribution in [3.8, 4) is 44.5 Å². The van der Waals surface area contributed by atoms with E-state index in [0.29, 0.717) is 0 Å². The Morgan fingerprint density at radius 3 is 0.828 bits per heavy atom. The number of hydrogen-bond donors (Lipinski definition) is 0. The lowest BCUT2D eigenvalue weighted by molar-refractivity contribution is 0.591. The molecule has 0 atom stereocenters. The predicted octanol–water partition coefficient (Wildman–Crippen LogP) is 16.6. The summed E-state index contributed by atoms with van der Waals surface area (Å²) in [6.07, 6.45) is 0. The van der Waals surface area contributed by atoms with Crippen LogP contribution >= 0.6 is 0 Å². The molecule has 0 amide bonds. The molecule has 0 heteroatoms. The first kappa shape index (κ1) is 34.2. The Labute approximate surface area is 339 Å². The van der Waals surface area contributed by atoms with Crippen LogP contribution in [-0.4, -0.2) is 0 Å². The topological polar surface area (TPSA) is 0 Å². The van der Waals surface area contributed by atoms with Gasteiger partial charge >= 0.3 is 0 Å². The lowest BCUT2D eigenvalue weighted by Crippen LogP contribution is -2.11. The largest absolute Gasteiger partial charge is 0.0616 e. The van der Waals surface area contributed by atoms with Gasteiger partial charge in [-0.25, -0.2) is 0 Å². The summed E-state index contributed by atoms with van der Waals surface area (Å²) in [6.45, 7) is 7.02. The van der Waals surface area contributed by atoms with Crippen LogP contribution in [0.3, 0.4) is 0 Å². The summed E-state index contributed by atoms with van der Waals surface area (Å²) in [7, 11) is 0. The molecule has 11 aromatic carbocycles. The second-order valence-electron chi connectivity index (χ2n) is 16.9. The first-order valence-corrected chi connectivity index (χ1v) is 20.4. The molecule has 0 fully saturated rings. The van der Waals surface area contributed by atoms with Gasteiger partial charge in [0.2, 0.25) is 0 Å². The molecular formula is C58H42. The average molecular weight is 739 g/mol. The SMILES string of the molecule is CC(C)(C)c1cc(-c2c3ccccc3c(-c3ccc4ccccc4c3)c3ccccc23)cc(-c2c3ccccc3c(-c3ccc4ccccc4c3)c3ccccc23)c1. The van der Waals surface area contributed by atoms with E-state index in [-0.39, 0.29) is 5.41 Å². The Kier molecular flexibility index (Phi) is 7.85. The summed E-state index contributed by atoms with van der Waals surface area (Å²) in [5.74, 6) is 0. The van der Waals surface area contributed by atoms with E-state index in [1.54, 1.807) is 0 Å². The van der Waals surface area contributed by atoms with Crippen LogP contribution in [-0.2, 0) is 5.41 Å². The summed E-state index contributed by atoms with van der Waals surface area (Å²) in [4.78, 5) is 0. The maximum Gasteiger partial charge on any atom is -0.00261 e. The van der Waals surface area contributed by atoms with E-state index >= 15 is 0 Å². The molecule has 0 aliphatic heterocycles. The maximum atomic E-state index is 2.48. The van der Waals surface area contributed by atoms with Gasteiger partial charge < -0.3 is 0 Å². The van der Waals surface area contributed by atoms with Gasteiger partial charge in [-0.1, -0.05) is 203 Å². The average Bonchev–Trinajstić information content (AvgIpc) is 3.26. The molecule has 0 spiro atoms. The van der Waals surface area contributed by atoms with Crippen molar-refractivity contribution in [2.45, 2.75) is 26.2 Å². The highest BCUT2D eigenvalue weighted by Crippen LogP contribution is 2.48. The van der Waals surface area contributed by atoms with Crippen molar-refractivity contribution in [3.05, 3.63) is 206 Å². The van der Waals surface area contributed by atoms with E-state index < -0.39 is 0 Å². The normalized spacial score (nSPS) is 12.1. The van der Waals surface area contributed by atoms with Gasteiger partial charge in [0, 0.05) is 0 Å². The van der Waals surface area contributed by atoms with Gasteiger partial charge in [-0.2, -0.15) is 0 Å². The van der Waals surface area contributed by atoms with Crippen molar-refractivity contribution in [2.24, 2.45) is 0 Å². The summed E-state index contributed by atoms with van der Waals surface area (Å²) in [5.41, 5.74) is 11.3. The van der Waals surface area contributed by atoms with Gasteiger partial charge in [-0.05, 0) is 138 Å². The van der Waals surface area contributed by atoms with E-state index in [0.717, 1.165) is 0 Å². The lowest BCUT2D eigenvalue weighted by Gasteiger charge is -2.25. The molecule has 58 heavy (non-hydrogen) atoms. The molecule has 0 saturated carbocycles. The minimum Gasteiger partial charge on any atom is -0.0616 e.